The number of hydrogen-bond donors (Lipinski definition) is 1. The van der Waals surface area contributed by atoms with Gasteiger partial charge in [0, 0.05) is 0 Å². The Bertz CT molecular complexity index is 454. The predicted molar refractivity (Wildman–Crippen MR) is 74.1 cm³/mol. The summed E-state index contributed by atoms with van der Waals surface area (Å²) in [5, 5.41) is 8.38. The fourth-order valence-corrected chi connectivity index (χ4v) is 2.09. The van der Waals surface area contributed by atoms with Crippen LogP contribution in [0.5, 0.6) is 0 Å². The minimum absolute atomic E-state index is 0.331. The molecule has 0 aliphatic heterocycles. The maximum atomic E-state index is 10.2. The summed E-state index contributed by atoms with van der Waals surface area (Å²) in [5.74, 6) is -0.879. The molecule has 0 heterocycles. The van der Waals surface area contributed by atoms with E-state index in [4.69, 9.17) is 5.11 Å². The summed E-state index contributed by atoms with van der Waals surface area (Å²) in [7, 11) is 0. The van der Waals surface area contributed by atoms with Crippen molar-refractivity contribution in [2.24, 2.45) is 0 Å². The predicted octanol–water partition coefficient (Wildman–Crippen LogP) is 3.20. The van der Waals surface area contributed by atoms with Crippen LogP contribution >= 0.6 is 0 Å². The monoisotopic (exact) mass is 250 g/mol. The second kappa shape index (κ2) is 8.92. The van der Waals surface area contributed by atoms with Crippen molar-refractivity contribution in [3.05, 3.63) is 71.8 Å². The quantitative estimate of drug-likeness (QED) is 0.849. The van der Waals surface area contributed by atoms with Crippen LogP contribution in [-0.4, -0.2) is 39.0 Å². The van der Waals surface area contributed by atoms with Crippen molar-refractivity contribution in [3.8, 4) is 0 Å². The molecule has 0 saturated heterocycles. The second-order valence-corrected chi connectivity index (χ2v) is 4.91. The van der Waals surface area contributed by atoms with Crippen LogP contribution in [0.3, 0.4) is 0 Å². The van der Waals surface area contributed by atoms with Gasteiger partial charge in [0.05, 0.1) is 5.56 Å². The van der Waals surface area contributed by atoms with E-state index in [2.05, 4.69) is 30.3 Å². The van der Waals surface area contributed by atoms with Gasteiger partial charge in [-0.1, -0.05) is 18.2 Å². The van der Waals surface area contributed by atoms with E-state index in [0.29, 0.717) is 5.56 Å². The van der Waals surface area contributed by atoms with E-state index in [1.54, 1.807) is 30.3 Å². The molecule has 18 heavy (non-hydrogen) atoms. The van der Waals surface area contributed by atoms with Crippen LogP contribution in [0.4, 0.5) is 0 Å². The van der Waals surface area contributed by atoms with Gasteiger partial charge in [0.2, 0.25) is 0 Å². The summed E-state index contributed by atoms with van der Waals surface area (Å²) in [6.07, 6.45) is 1.27. The Kier molecular flexibility index (Phi) is 7.42. The first-order valence-corrected chi connectivity index (χ1v) is 7.47. The second-order valence-electron chi connectivity index (χ2n) is 3.91. The number of rotatable bonds is 3. The van der Waals surface area contributed by atoms with Gasteiger partial charge in [-0.15, -0.1) is 0 Å². The van der Waals surface area contributed by atoms with Crippen molar-refractivity contribution < 1.29 is 9.90 Å². The van der Waals surface area contributed by atoms with Gasteiger partial charge in [-0.3, -0.25) is 0 Å². The van der Waals surface area contributed by atoms with Crippen molar-refractivity contribution in [1.29, 1.82) is 0 Å². The van der Waals surface area contributed by atoms with Gasteiger partial charge >= 0.3 is 79.9 Å². The third kappa shape index (κ3) is 6.01. The molecule has 3 heteroatoms. The van der Waals surface area contributed by atoms with Gasteiger partial charge in [0.15, 0.2) is 0 Å². The van der Waals surface area contributed by atoms with Gasteiger partial charge in [0.1, 0.15) is 0 Å². The molecule has 0 saturated carbocycles. The first kappa shape index (κ1) is 15.0. The van der Waals surface area contributed by atoms with Crippen molar-refractivity contribution in [1.82, 2.24) is 0 Å². The first-order chi connectivity index (χ1) is 8.74. The summed E-state index contributed by atoms with van der Waals surface area (Å²) in [5.41, 5.74) is 1.81. The summed E-state index contributed by atoms with van der Waals surface area (Å²) in [6, 6.07) is 19.0. The molecular weight excluding hydrogens is 235 g/mol. The molecule has 0 aliphatic carbocycles. The summed E-state index contributed by atoms with van der Waals surface area (Å²) < 4.78 is 1.38. The number of benzene rings is 2. The van der Waals surface area contributed by atoms with Gasteiger partial charge in [0.25, 0.3) is 0 Å². The fourth-order valence-electron chi connectivity index (χ4n) is 1.51. The van der Waals surface area contributed by atoms with Crippen molar-refractivity contribution in [2.75, 3.05) is 0 Å². The molecule has 0 bridgehead atoms. The minimum atomic E-state index is -0.879. The Morgan fingerprint density at radius 1 is 0.944 bits per heavy atom. The zero-order chi connectivity index (χ0) is 13.2. The third-order valence-electron chi connectivity index (χ3n) is 2.40. The normalized spacial score (nSPS) is 9.22. The van der Waals surface area contributed by atoms with Crippen LogP contribution < -0.4 is 0 Å². The standard InChI is InChI=1S/C8H9.C7H6O2.Na/c1-2-8-6-4-3-5-7-8;8-7(9)6-4-2-1-3-5-6;/h3-7H,1-2H2;1-5H,(H,8,9);. The van der Waals surface area contributed by atoms with Crippen molar-refractivity contribution in [3.63, 3.8) is 0 Å². The molecular formula is C15H15NaO2. The summed E-state index contributed by atoms with van der Waals surface area (Å²) in [6.45, 7) is 0. The van der Waals surface area contributed by atoms with Crippen LogP contribution in [0.2, 0.25) is 3.67 Å². The van der Waals surface area contributed by atoms with E-state index >= 15 is 0 Å². The number of hydrogen-bond acceptors (Lipinski definition) is 1. The van der Waals surface area contributed by atoms with Gasteiger partial charge in [-0.2, -0.15) is 0 Å². The van der Waals surface area contributed by atoms with Gasteiger partial charge in [-0.25, -0.2) is 4.79 Å². The Balaban J connectivity index is 0.000000180. The third-order valence-corrected chi connectivity index (χ3v) is 2.90. The zero-order valence-corrected chi connectivity index (χ0v) is 12.5. The Morgan fingerprint density at radius 2 is 1.44 bits per heavy atom. The van der Waals surface area contributed by atoms with Gasteiger partial charge < -0.3 is 5.11 Å². The Hall–Kier alpha value is -1.09. The van der Waals surface area contributed by atoms with Gasteiger partial charge in [-0.05, 0) is 12.1 Å². The van der Waals surface area contributed by atoms with E-state index in [1.807, 2.05) is 0 Å². The summed E-state index contributed by atoms with van der Waals surface area (Å²) in [4.78, 5) is 10.2. The molecule has 0 radical (unpaired) electrons. The van der Waals surface area contributed by atoms with E-state index in [9.17, 15) is 4.79 Å². The topological polar surface area (TPSA) is 37.3 Å². The molecule has 2 rings (SSSR count). The average Bonchev–Trinajstić information content (AvgIpc) is 2.42. The van der Waals surface area contributed by atoms with E-state index in [-0.39, 0.29) is 0 Å². The van der Waals surface area contributed by atoms with Crippen molar-refractivity contribution in [2.45, 2.75) is 10.1 Å². The maximum absolute atomic E-state index is 10.2. The fraction of sp³-hybridized carbons (Fsp3) is 0.133. The van der Waals surface area contributed by atoms with Crippen LogP contribution in [0.25, 0.3) is 0 Å². The number of aromatic carboxylic acids is 1. The molecule has 0 amide bonds. The van der Waals surface area contributed by atoms with E-state index in [1.165, 1.54) is 43.6 Å². The summed E-state index contributed by atoms with van der Waals surface area (Å²) >= 11 is 1.32. The Morgan fingerprint density at radius 3 is 1.83 bits per heavy atom. The van der Waals surface area contributed by atoms with Crippen LogP contribution in [0, 0.1) is 0 Å². The van der Waals surface area contributed by atoms with Crippen LogP contribution in [0.1, 0.15) is 15.9 Å². The molecule has 0 fully saturated rings. The molecule has 2 aromatic carbocycles. The number of aryl methyl sites for hydroxylation is 1. The molecule has 1 N–H and O–H groups in total. The number of carboxylic acids is 1. The van der Waals surface area contributed by atoms with Crippen LogP contribution in [-0.2, 0) is 6.42 Å². The molecule has 0 aromatic heterocycles. The zero-order valence-electron chi connectivity index (χ0n) is 10.5. The molecule has 0 spiro atoms. The molecule has 2 nitrogen and oxygen atoms in total. The molecule has 2 aromatic rings. The number of carboxylic acid groups (broad SMARTS) is 1. The molecule has 0 aliphatic rings. The van der Waals surface area contributed by atoms with E-state index < -0.39 is 5.97 Å². The Labute approximate surface area is 125 Å². The SMILES string of the molecule is O=C(O)c1ccccc1.[Na][CH2]Cc1ccccc1. The molecule has 0 atom stereocenters. The van der Waals surface area contributed by atoms with E-state index in [0.717, 1.165) is 0 Å². The average molecular weight is 250 g/mol. The number of carbonyl (C=O) groups is 1. The first-order valence-electron chi connectivity index (χ1n) is 6.06. The molecule has 88 valence electrons. The van der Waals surface area contributed by atoms with Crippen molar-refractivity contribution >= 4 is 33.9 Å². The molecule has 0 unspecified atom stereocenters. The van der Waals surface area contributed by atoms with Crippen LogP contribution in [0.15, 0.2) is 60.7 Å².